The van der Waals surface area contributed by atoms with E-state index < -0.39 is 0 Å². The van der Waals surface area contributed by atoms with Crippen molar-refractivity contribution in [3.8, 4) is 0 Å². The Hall–Kier alpha value is -0.530. The molecule has 2 unspecified atom stereocenters. The molecule has 1 nitrogen and oxygen atoms in total. The molecule has 19 heavy (non-hydrogen) atoms. The van der Waals surface area contributed by atoms with Crippen molar-refractivity contribution in [2.75, 3.05) is 6.54 Å². The van der Waals surface area contributed by atoms with Gasteiger partial charge in [-0.05, 0) is 67.3 Å². The van der Waals surface area contributed by atoms with E-state index in [0.717, 1.165) is 17.5 Å². The molecule has 1 aliphatic rings. The van der Waals surface area contributed by atoms with Crippen LogP contribution in [0.2, 0.25) is 5.02 Å². The second-order valence-corrected chi connectivity index (χ2v) is 7.10. The third kappa shape index (κ3) is 3.14. The van der Waals surface area contributed by atoms with Gasteiger partial charge < -0.3 is 5.32 Å². The van der Waals surface area contributed by atoms with Crippen molar-refractivity contribution >= 4 is 11.6 Å². The molecule has 1 fully saturated rings. The Labute approximate surface area is 122 Å². The summed E-state index contributed by atoms with van der Waals surface area (Å²) in [4.78, 5) is 0. The molecule has 2 heteroatoms. The van der Waals surface area contributed by atoms with Crippen LogP contribution in [0.1, 0.15) is 56.3 Å². The van der Waals surface area contributed by atoms with Gasteiger partial charge in [-0.1, -0.05) is 38.4 Å². The third-order valence-corrected chi connectivity index (χ3v) is 4.90. The van der Waals surface area contributed by atoms with Gasteiger partial charge in [0.1, 0.15) is 0 Å². The van der Waals surface area contributed by atoms with Crippen molar-refractivity contribution in [3.05, 3.63) is 33.8 Å². The summed E-state index contributed by atoms with van der Waals surface area (Å²) >= 11 is 6.23. The van der Waals surface area contributed by atoms with Crippen molar-refractivity contribution in [2.45, 2.75) is 53.5 Å². The standard InChI is InChI=1S/C17H26ClN/c1-6-7-19-16(14-10-17(14,4)5)13-8-12(3)15(18)9-11(13)2/h8-9,14,16,19H,6-7,10H2,1-5H3. The summed E-state index contributed by atoms with van der Waals surface area (Å²) in [7, 11) is 0. The molecule has 0 amide bonds. The first-order valence-corrected chi connectivity index (χ1v) is 7.74. The predicted octanol–water partition coefficient (Wildman–Crippen LogP) is 5.04. The summed E-state index contributed by atoms with van der Waals surface area (Å²) in [5, 5.41) is 4.63. The third-order valence-electron chi connectivity index (χ3n) is 4.49. The van der Waals surface area contributed by atoms with Crippen molar-refractivity contribution in [2.24, 2.45) is 11.3 Å². The van der Waals surface area contributed by atoms with E-state index in [0.29, 0.717) is 11.5 Å². The van der Waals surface area contributed by atoms with Crippen molar-refractivity contribution in [1.82, 2.24) is 5.32 Å². The SMILES string of the molecule is CCCNC(c1cc(C)c(Cl)cc1C)C1CC1(C)C. The van der Waals surface area contributed by atoms with Gasteiger partial charge in [0.15, 0.2) is 0 Å². The fourth-order valence-corrected chi connectivity index (χ4v) is 3.20. The van der Waals surface area contributed by atoms with Gasteiger partial charge in [-0.15, -0.1) is 0 Å². The molecule has 1 aromatic carbocycles. The summed E-state index contributed by atoms with van der Waals surface area (Å²) in [6, 6.07) is 4.87. The Morgan fingerprint density at radius 2 is 1.95 bits per heavy atom. The molecular formula is C17H26ClN. The molecule has 1 N–H and O–H groups in total. The van der Waals surface area contributed by atoms with Gasteiger partial charge in [-0.25, -0.2) is 0 Å². The maximum absolute atomic E-state index is 6.23. The Morgan fingerprint density at radius 3 is 2.47 bits per heavy atom. The second kappa shape index (κ2) is 5.46. The minimum atomic E-state index is 0.478. The highest BCUT2D eigenvalue weighted by atomic mass is 35.5. The molecule has 106 valence electrons. The normalized spacial score (nSPS) is 22.3. The lowest BCUT2D eigenvalue weighted by atomic mass is 9.92. The van der Waals surface area contributed by atoms with E-state index in [1.165, 1.54) is 29.5 Å². The highest BCUT2D eigenvalue weighted by molar-refractivity contribution is 6.31. The number of hydrogen-bond donors (Lipinski definition) is 1. The fraction of sp³-hybridized carbons (Fsp3) is 0.647. The highest BCUT2D eigenvalue weighted by Gasteiger charge is 2.50. The lowest BCUT2D eigenvalue weighted by molar-refractivity contribution is 0.414. The van der Waals surface area contributed by atoms with Crippen LogP contribution in [0, 0.1) is 25.2 Å². The number of halogens is 1. The molecule has 0 spiro atoms. The van der Waals surface area contributed by atoms with E-state index in [2.05, 4.69) is 52.1 Å². The second-order valence-electron chi connectivity index (χ2n) is 6.69. The Balaban J connectivity index is 2.30. The molecule has 1 aromatic rings. The topological polar surface area (TPSA) is 12.0 Å². The van der Waals surface area contributed by atoms with Crippen LogP contribution in [0.5, 0.6) is 0 Å². The van der Waals surface area contributed by atoms with Crippen LogP contribution in [-0.4, -0.2) is 6.54 Å². The summed E-state index contributed by atoms with van der Waals surface area (Å²) in [6.45, 7) is 12.3. The molecule has 0 heterocycles. The molecule has 1 saturated carbocycles. The smallest absolute Gasteiger partial charge is 0.0438 e. The molecule has 2 atom stereocenters. The van der Waals surface area contributed by atoms with Gasteiger partial charge in [0.2, 0.25) is 0 Å². The number of nitrogens with one attached hydrogen (secondary N) is 1. The number of rotatable bonds is 5. The van der Waals surface area contributed by atoms with Crippen molar-refractivity contribution in [3.63, 3.8) is 0 Å². The molecule has 1 aliphatic carbocycles. The Morgan fingerprint density at radius 1 is 1.32 bits per heavy atom. The molecule has 0 bridgehead atoms. The lowest BCUT2D eigenvalue weighted by Gasteiger charge is -2.23. The van der Waals surface area contributed by atoms with Gasteiger partial charge in [0.05, 0.1) is 0 Å². The van der Waals surface area contributed by atoms with Gasteiger partial charge in [0, 0.05) is 11.1 Å². The average Bonchev–Trinajstić information content (AvgIpc) is 2.95. The van der Waals surface area contributed by atoms with E-state index >= 15 is 0 Å². The minimum absolute atomic E-state index is 0.478. The Bertz CT molecular complexity index is 465. The zero-order chi connectivity index (χ0) is 14.2. The van der Waals surface area contributed by atoms with Gasteiger partial charge in [0.25, 0.3) is 0 Å². The molecule has 0 saturated heterocycles. The zero-order valence-corrected chi connectivity index (χ0v) is 13.6. The summed E-state index contributed by atoms with van der Waals surface area (Å²) < 4.78 is 0. The van der Waals surface area contributed by atoms with E-state index in [1.54, 1.807) is 0 Å². The van der Waals surface area contributed by atoms with Crippen molar-refractivity contribution in [1.29, 1.82) is 0 Å². The lowest BCUT2D eigenvalue weighted by Crippen LogP contribution is -2.26. The minimum Gasteiger partial charge on any atom is -0.310 e. The molecule has 0 aliphatic heterocycles. The van der Waals surface area contributed by atoms with Crippen LogP contribution in [0.15, 0.2) is 12.1 Å². The van der Waals surface area contributed by atoms with Crippen LogP contribution in [0.4, 0.5) is 0 Å². The monoisotopic (exact) mass is 279 g/mol. The van der Waals surface area contributed by atoms with Crippen molar-refractivity contribution < 1.29 is 0 Å². The molecule has 0 radical (unpaired) electrons. The number of hydrogen-bond acceptors (Lipinski definition) is 1. The first-order chi connectivity index (χ1) is 8.86. The summed E-state index contributed by atoms with van der Waals surface area (Å²) in [6.07, 6.45) is 2.49. The predicted molar refractivity (Wildman–Crippen MR) is 83.8 cm³/mol. The van der Waals surface area contributed by atoms with Crippen LogP contribution in [-0.2, 0) is 0 Å². The summed E-state index contributed by atoms with van der Waals surface area (Å²) in [5.74, 6) is 0.748. The van der Waals surface area contributed by atoms with Crippen LogP contribution >= 0.6 is 11.6 Å². The van der Waals surface area contributed by atoms with Gasteiger partial charge in [-0.2, -0.15) is 0 Å². The highest BCUT2D eigenvalue weighted by Crippen LogP contribution is 2.58. The fourth-order valence-electron chi connectivity index (χ4n) is 2.98. The zero-order valence-electron chi connectivity index (χ0n) is 12.8. The van der Waals surface area contributed by atoms with E-state index in [4.69, 9.17) is 11.6 Å². The maximum Gasteiger partial charge on any atom is 0.0438 e. The first-order valence-electron chi connectivity index (χ1n) is 7.37. The van der Waals surface area contributed by atoms with E-state index in [1.807, 2.05) is 0 Å². The molecular weight excluding hydrogens is 254 g/mol. The van der Waals surface area contributed by atoms with E-state index in [9.17, 15) is 0 Å². The number of aryl methyl sites for hydroxylation is 2. The van der Waals surface area contributed by atoms with Gasteiger partial charge >= 0.3 is 0 Å². The van der Waals surface area contributed by atoms with Crippen LogP contribution < -0.4 is 5.32 Å². The maximum atomic E-state index is 6.23. The largest absolute Gasteiger partial charge is 0.310 e. The average molecular weight is 280 g/mol. The Kier molecular flexibility index (Phi) is 4.27. The first kappa shape index (κ1) is 14.9. The van der Waals surface area contributed by atoms with Crippen LogP contribution in [0.25, 0.3) is 0 Å². The summed E-state index contributed by atoms with van der Waals surface area (Å²) in [5.41, 5.74) is 4.41. The van der Waals surface area contributed by atoms with E-state index in [-0.39, 0.29) is 0 Å². The van der Waals surface area contributed by atoms with Gasteiger partial charge in [-0.3, -0.25) is 0 Å². The molecule has 0 aromatic heterocycles. The molecule has 2 rings (SSSR count). The van der Waals surface area contributed by atoms with Crippen LogP contribution in [0.3, 0.4) is 0 Å². The quantitative estimate of drug-likeness (QED) is 0.796. The number of benzene rings is 1.